The number of sulfone groups is 1. The average molecular weight is 356 g/mol. The lowest BCUT2D eigenvalue weighted by Crippen LogP contribution is -2.15. The first-order valence-electron chi connectivity index (χ1n) is 7.73. The third kappa shape index (κ3) is 2.50. The molecule has 4 N–H and O–H groups in total. The quantitative estimate of drug-likeness (QED) is 0.648. The zero-order valence-electron chi connectivity index (χ0n) is 13.4. The fourth-order valence-corrected chi connectivity index (χ4v) is 4.89. The molecule has 2 aromatic heterocycles. The van der Waals surface area contributed by atoms with E-state index in [1.807, 2.05) is 6.07 Å². The molecule has 4 rings (SSSR count). The van der Waals surface area contributed by atoms with Crippen LogP contribution in [0.15, 0.2) is 41.6 Å². The minimum absolute atomic E-state index is 0.124. The van der Waals surface area contributed by atoms with Gasteiger partial charge in [-0.05, 0) is 36.2 Å². The molecule has 3 aromatic rings. The van der Waals surface area contributed by atoms with Crippen molar-refractivity contribution in [3.05, 3.63) is 53.3 Å². The van der Waals surface area contributed by atoms with E-state index in [1.54, 1.807) is 31.5 Å². The normalized spacial score (nSPS) is 18.2. The van der Waals surface area contributed by atoms with E-state index in [0.29, 0.717) is 28.0 Å². The van der Waals surface area contributed by atoms with E-state index in [2.05, 4.69) is 15.3 Å². The highest BCUT2D eigenvalue weighted by Crippen LogP contribution is 2.34. The van der Waals surface area contributed by atoms with Gasteiger partial charge < -0.3 is 16.0 Å². The smallest absolute Gasteiger partial charge is 0.255 e. The Hall–Kier alpha value is -2.71. The van der Waals surface area contributed by atoms with E-state index in [-0.39, 0.29) is 16.6 Å². The number of aromatic nitrogens is 2. The first-order chi connectivity index (χ1) is 11.9. The highest BCUT2D eigenvalue weighted by Gasteiger charge is 2.34. The minimum Gasteiger partial charge on any atom is -0.346 e. The van der Waals surface area contributed by atoms with Crippen molar-refractivity contribution >= 4 is 32.5 Å². The number of hydrogen-bond donors (Lipinski definition) is 3. The molecule has 8 heteroatoms. The van der Waals surface area contributed by atoms with Gasteiger partial charge in [-0.25, -0.2) is 13.4 Å². The van der Waals surface area contributed by atoms with Crippen molar-refractivity contribution in [2.45, 2.75) is 17.9 Å². The van der Waals surface area contributed by atoms with Crippen LogP contribution in [0.3, 0.4) is 0 Å². The summed E-state index contributed by atoms with van der Waals surface area (Å²) in [6.07, 6.45) is 3.33. The number of H-pyrrole nitrogens is 1. The second-order valence-electron chi connectivity index (χ2n) is 6.15. The molecule has 0 aliphatic carbocycles. The van der Waals surface area contributed by atoms with Crippen molar-refractivity contribution in [2.75, 3.05) is 11.1 Å². The third-order valence-corrected chi connectivity index (χ3v) is 6.26. The molecule has 0 bridgehead atoms. The van der Waals surface area contributed by atoms with Crippen LogP contribution in [0.5, 0.6) is 0 Å². The van der Waals surface area contributed by atoms with Gasteiger partial charge in [-0.1, -0.05) is 6.07 Å². The first-order valence-corrected chi connectivity index (χ1v) is 9.38. The fraction of sp³-hybridized carbons (Fsp3) is 0.176. The summed E-state index contributed by atoms with van der Waals surface area (Å²) in [5.74, 6) is -0.495. The summed E-state index contributed by atoms with van der Waals surface area (Å²) in [4.78, 5) is 20.0. The molecule has 0 saturated carbocycles. The molecule has 3 heterocycles. The van der Waals surface area contributed by atoms with E-state index in [4.69, 9.17) is 5.73 Å². The van der Waals surface area contributed by atoms with Gasteiger partial charge in [0, 0.05) is 29.4 Å². The van der Waals surface area contributed by atoms with Crippen LogP contribution in [0, 0.1) is 6.92 Å². The Morgan fingerprint density at radius 2 is 2.16 bits per heavy atom. The number of carbonyl (C=O) groups is 1. The summed E-state index contributed by atoms with van der Waals surface area (Å²) in [6.45, 7) is 1.77. The molecule has 128 valence electrons. The van der Waals surface area contributed by atoms with Crippen molar-refractivity contribution in [3.8, 4) is 0 Å². The van der Waals surface area contributed by atoms with Crippen molar-refractivity contribution in [2.24, 2.45) is 5.73 Å². The van der Waals surface area contributed by atoms with Crippen molar-refractivity contribution in [1.29, 1.82) is 0 Å². The molecule has 0 fully saturated rings. The number of benzene rings is 1. The lowest BCUT2D eigenvalue weighted by molar-refractivity contribution is 0.102. The standard InChI is InChI=1S/C17H16N4O3S/c1-9-6-12-13(18)8-25(23,24)15(12)7-11(9)17(22)21-14-3-5-20-16-10(14)2-4-19-16/h2-7,13H,8,18H2,1H3,(H2,19,20,21,22)/t13-/m1/s1. The molecule has 1 amide bonds. The summed E-state index contributed by atoms with van der Waals surface area (Å²) in [5.41, 5.74) is 8.75. The predicted octanol–water partition coefficient (Wildman–Crippen LogP) is 1.91. The van der Waals surface area contributed by atoms with Crippen LogP contribution in [0.1, 0.15) is 27.5 Å². The predicted molar refractivity (Wildman–Crippen MR) is 94.2 cm³/mol. The number of nitrogens with one attached hydrogen (secondary N) is 2. The molecule has 1 aliphatic rings. The summed E-state index contributed by atoms with van der Waals surface area (Å²) in [5, 5.41) is 3.61. The van der Waals surface area contributed by atoms with Crippen LogP contribution in [-0.4, -0.2) is 30.0 Å². The molecule has 1 aromatic carbocycles. The molecule has 7 nitrogen and oxygen atoms in total. The number of aromatic amines is 1. The molecule has 0 unspecified atom stereocenters. The number of anilines is 1. The Morgan fingerprint density at radius 1 is 1.36 bits per heavy atom. The lowest BCUT2D eigenvalue weighted by Gasteiger charge is -2.11. The van der Waals surface area contributed by atoms with Gasteiger partial charge in [0.2, 0.25) is 0 Å². The second-order valence-corrected chi connectivity index (χ2v) is 8.15. The van der Waals surface area contributed by atoms with Crippen molar-refractivity contribution in [3.63, 3.8) is 0 Å². The maximum Gasteiger partial charge on any atom is 0.255 e. The van der Waals surface area contributed by atoms with Crippen LogP contribution in [0.25, 0.3) is 11.0 Å². The Balaban J connectivity index is 1.75. The summed E-state index contributed by atoms with van der Waals surface area (Å²) >= 11 is 0. The van der Waals surface area contributed by atoms with E-state index in [1.165, 1.54) is 6.07 Å². The van der Waals surface area contributed by atoms with Crippen LogP contribution >= 0.6 is 0 Å². The van der Waals surface area contributed by atoms with Gasteiger partial charge in [-0.15, -0.1) is 0 Å². The molecule has 1 aliphatic heterocycles. The molecule has 1 atom stereocenters. The van der Waals surface area contributed by atoms with Crippen LogP contribution in [0.2, 0.25) is 0 Å². The zero-order valence-corrected chi connectivity index (χ0v) is 14.2. The van der Waals surface area contributed by atoms with Gasteiger partial charge in [-0.3, -0.25) is 4.79 Å². The van der Waals surface area contributed by atoms with E-state index < -0.39 is 15.9 Å². The van der Waals surface area contributed by atoms with Crippen LogP contribution in [0.4, 0.5) is 5.69 Å². The molecule has 0 saturated heterocycles. The number of nitrogens with two attached hydrogens (primary N) is 1. The number of nitrogens with zero attached hydrogens (tertiary/aromatic N) is 1. The number of aryl methyl sites for hydroxylation is 1. The van der Waals surface area contributed by atoms with E-state index in [0.717, 1.165) is 5.39 Å². The number of amides is 1. The Labute approximate surface area is 144 Å². The van der Waals surface area contributed by atoms with Gasteiger partial charge >= 0.3 is 0 Å². The van der Waals surface area contributed by atoms with E-state index >= 15 is 0 Å². The number of pyridine rings is 1. The highest BCUT2D eigenvalue weighted by atomic mass is 32.2. The maximum absolute atomic E-state index is 12.7. The Bertz CT molecular complexity index is 1120. The van der Waals surface area contributed by atoms with Gasteiger partial charge in [0.25, 0.3) is 5.91 Å². The monoisotopic (exact) mass is 356 g/mol. The third-order valence-electron chi connectivity index (χ3n) is 4.44. The van der Waals surface area contributed by atoms with Crippen LogP contribution < -0.4 is 11.1 Å². The number of fused-ring (bicyclic) bond motifs is 2. The molecule has 25 heavy (non-hydrogen) atoms. The molecular formula is C17H16N4O3S. The summed E-state index contributed by atoms with van der Waals surface area (Å²) in [6, 6.07) is 6.09. The van der Waals surface area contributed by atoms with Gasteiger partial charge in [0.15, 0.2) is 9.84 Å². The second kappa shape index (κ2) is 5.40. The minimum atomic E-state index is -3.45. The van der Waals surface area contributed by atoms with Gasteiger partial charge in [0.05, 0.1) is 16.3 Å². The van der Waals surface area contributed by atoms with Crippen LogP contribution in [-0.2, 0) is 9.84 Å². The highest BCUT2D eigenvalue weighted by molar-refractivity contribution is 7.91. The Kier molecular flexibility index (Phi) is 3.41. The molecular weight excluding hydrogens is 340 g/mol. The van der Waals surface area contributed by atoms with Gasteiger partial charge in [-0.2, -0.15) is 0 Å². The number of hydrogen-bond acceptors (Lipinski definition) is 5. The van der Waals surface area contributed by atoms with E-state index in [9.17, 15) is 13.2 Å². The lowest BCUT2D eigenvalue weighted by atomic mass is 10.0. The maximum atomic E-state index is 12.7. The fourth-order valence-electron chi connectivity index (χ4n) is 3.19. The Morgan fingerprint density at radius 3 is 2.96 bits per heavy atom. The van der Waals surface area contributed by atoms with Gasteiger partial charge in [0.1, 0.15) is 5.65 Å². The molecule has 0 spiro atoms. The molecule has 0 radical (unpaired) electrons. The largest absolute Gasteiger partial charge is 0.346 e. The average Bonchev–Trinajstić information content (AvgIpc) is 3.10. The topological polar surface area (TPSA) is 118 Å². The van der Waals surface area contributed by atoms with Crippen molar-refractivity contribution in [1.82, 2.24) is 9.97 Å². The number of rotatable bonds is 2. The summed E-state index contributed by atoms with van der Waals surface area (Å²) in [7, 11) is -3.45. The SMILES string of the molecule is Cc1cc2c(cc1C(=O)Nc1ccnc3[nH]ccc13)S(=O)(=O)C[C@H]2N. The zero-order chi connectivity index (χ0) is 17.8. The first kappa shape index (κ1) is 15.8. The summed E-state index contributed by atoms with van der Waals surface area (Å²) < 4.78 is 24.4. The van der Waals surface area contributed by atoms with Crippen molar-refractivity contribution < 1.29 is 13.2 Å². The number of carbonyl (C=O) groups excluding carboxylic acids is 1.